The number of nitrogens with two attached hydrogens (primary N) is 1. The molecule has 2 N–H and O–H groups in total. The first-order valence-corrected chi connectivity index (χ1v) is 6.49. The van der Waals surface area contributed by atoms with Gasteiger partial charge in [-0.3, -0.25) is 4.79 Å². The van der Waals surface area contributed by atoms with Gasteiger partial charge in [-0.05, 0) is 31.0 Å². The molecule has 0 aromatic heterocycles. The van der Waals surface area contributed by atoms with Gasteiger partial charge in [0.25, 0.3) is 5.91 Å². The zero-order valence-electron chi connectivity index (χ0n) is 11.2. The number of ether oxygens (including phenoxy) is 1. The first-order chi connectivity index (χ1) is 9.24. The summed E-state index contributed by atoms with van der Waals surface area (Å²) < 4.78 is 5.14. The summed E-state index contributed by atoms with van der Waals surface area (Å²) in [7, 11) is 1.60. The minimum atomic E-state index is 0.0422. The summed E-state index contributed by atoms with van der Waals surface area (Å²) in [5, 5.41) is 0. The smallest absolute Gasteiger partial charge is 0.253 e. The van der Waals surface area contributed by atoms with Crippen LogP contribution in [0.15, 0.2) is 24.3 Å². The average Bonchev–Trinajstić information content (AvgIpc) is 2.47. The van der Waals surface area contributed by atoms with Crippen molar-refractivity contribution in [2.45, 2.75) is 12.8 Å². The number of nitrogens with zero attached hydrogens (tertiary/aromatic N) is 1. The van der Waals surface area contributed by atoms with E-state index in [0.29, 0.717) is 30.4 Å². The molecule has 1 atom stereocenters. The number of amides is 1. The summed E-state index contributed by atoms with van der Waals surface area (Å²) >= 11 is 0. The van der Waals surface area contributed by atoms with Gasteiger partial charge in [-0.2, -0.15) is 0 Å². The summed E-state index contributed by atoms with van der Waals surface area (Å²) in [5.41, 5.74) is 0.661. The van der Waals surface area contributed by atoms with Crippen LogP contribution in [0.3, 0.4) is 0 Å². The second-order valence-corrected chi connectivity index (χ2v) is 4.82. The van der Waals surface area contributed by atoms with Crippen LogP contribution in [0, 0.1) is 5.92 Å². The van der Waals surface area contributed by atoms with Crippen LogP contribution in [-0.4, -0.2) is 37.6 Å². The number of hydrogen-bond donors (Lipinski definition) is 1. The van der Waals surface area contributed by atoms with Crippen LogP contribution in [-0.2, 0) is 4.84 Å². The summed E-state index contributed by atoms with van der Waals surface area (Å²) in [6.07, 6.45) is 2.04. The van der Waals surface area contributed by atoms with Crippen LogP contribution in [0.2, 0.25) is 0 Å². The van der Waals surface area contributed by atoms with E-state index in [1.807, 2.05) is 23.1 Å². The lowest BCUT2D eigenvalue weighted by Crippen LogP contribution is -2.41. The monoisotopic (exact) mass is 264 g/mol. The molecule has 0 aliphatic carbocycles. The number of methoxy groups -OCH3 is 1. The van der Waals surface area contributed by atoms with Crippen molar-refractivity contribution in [2.75, 3.05) is 26.8 Å². The highest BCUT2D eigenvalue weighted by molar-refractivity contribution is 5.94. The Bertz CT molecular complexity index is 434. The molecule has 104 valence electrons. The Morgan fingerprint density at radius 2 is 2.37 bits per heavy atom. The van der Waals surface area contributed by atoms with Gasteiger partial charge in [0, 0.05) is 24.6 Å². The fourth-order valence-electron chi connectivity index (χ4n) is 2.46. The molecule has 1 saturated heterocycles. The Kier molecular flexibility index (Phi) is 4.76. The van der Waals surface area contributed by atoms with E-state index in [9.17, 15) is 4.79 Å². The lowest BCUT2D eigenvalue weighted by Gasteiger charge is -2.32. The molecule has 0 spiro atoms. The molecule has 1 aliphatic heterocycles. The van der Waals surface area contributed by atoms with Gasteiger partial charge in [0.1, 0.15) is 5.75 Å². The highest BCUT2D eigenvalue weighted by Crippen LogP contribution is 2.20. The van der Waals surface area contributed by atoms with E-state index < -0.39 is 0 Å². The van der Waals surface area contributed by atoms with Gasteiger partial charge in [-0.25, -0.2) is 5.90 Å². The van der Waals surface area contributed by atoms with Crippen LogP contribution in [0.25, 0.3) is 0 Å². The Balaban J connectivity index is 2.05. The molecule has 2 rings (SSSR count). The predicted octanol–water partition coefficient (Wildman–Crippen LogP) is 1.44. The third-order valence-electron chi connectivity index (χ3n) is 3.45. The Morgan fingerprint density at radius 3 is 3.11 bits per heavy atom. The first kappa shape index (κ1) is 13.8. The van der Waals surface area contributed by atoms with E-state index in [2.05, 4.69) is 0 Å². The SMILES string of the molecule is COc1cccc(C(=O)N2CCCC(CON)C2)c1. The molecule has 1 fully saturated rings. The third kappa shape index (κ3) is 3.45. The van der Waals surface area contributed by atoms with Gasteiger partial charge >= 0.3 is 0 Å². The maximum Gasteiger partial charge on any atom is 0.253 e. The Hall–Kier alpha value is -1.59. The maximum atomic E-state index is 12.4. The summed E-state index contributed by atoms with van der Waals surface area (Å²) in [6, 6.07) is 7.24. The van der Waals surface area contributed by atoms with Crippen molar-refractivity contribution in [3.05, 3.63) is 29.8 Å². The third-order valence-corrected chi connectivity index (χ3v) is 3.45. The molecule has 1 unspecified atom stereocenters. The molecule has 0 saturated carbocycles. The fraction of sp³-hybridized carbons (Fsp3) is 0.500. The van der Waals surface area contributed by atoms with E-state index >= 15 is 0 Å². The van der Waals surface area contributed by atoms with E-state index in [0.717, 1.165) is 19.4 Å². The number of carbonyl (C=O) groups excluding carboxylic acids is 1. The van der Waals surface area contributed by atoms with Crippen molar-refractivity contribution in [2.24, 2.45) is 11.8 Å². The van der Waals surface area contributed by atoms with Crippen LogP contribution in [0.1, 0.15) is 23.2 Å². The normalized spacial score (nSPS) is 19.3. The molecule has 1 aliphatic rings. The highest BCUT2D eigenvalue weighted by Gasteiger charge is 2.24. The van der Waals surface area contributed by atoms with Gasteiger partial charge in [-0.15, -0.1) is 0 Å². The van der Waals surface area contributed by atoms with Gasteiger partial charge in [0.2, 0.25) is 0 Å². The average molecular weight is 264 g/mol. The van der Waals surface area contributed by atoms with Crippen LogP contribution >= 0.6 is 0 Å². The standard InChI is InChI=1S/C14H20N2O3/c1-18-13-6-2-5-12(8-13)14(17)16-7-3-4-11(9-16)10-19-15/h2,5-6,8,11H,3-4,7,9-10,15H2,1H3. The van der Waals surface area contributed by atoms with Crippen molar-refractivity contribution in [1.29, 1.82) is 0 Å². The predicted molar refractivity (Wildman–Crippen MR) is 71.8 cm³/mol. The molecule has 0 bridgehead atoms. The molecule has 5 nitrogen and oxygen atoms in total. The van der Waals surface area contributed by atoms with Crippen molar-refractivity contribution in [3.8, 4) is 5.75 Å². The highest BCUT2D eigenvalue weighted by atomic mass is 16.6. The number of benzene rings is 1. The Morgan fingerprint density at radius 1 is 1.53 bits per heavy atom. The van der Waals surface area contributed by atoms with E-state index in [4.69, 9.17) is 15.5 Å². The number of likely N-dealkylation sites (tertiary alicyclic amines) is 1. The molecule has 5 heteroatoms. The number of piperidine rings is 1. The van der Waals surface area contributed by atoms with Gasteiger partial charge in [0.15, 0.2) is 0 Å². The van der Waals surface area contributed by atoms with Gasteiger partial charge in [0.05, 0.1) is 13.7 Å². The lowest BCUT2D eigenvalue weighted by atomic mass is 9.98. The number of carbonyl (C=O) groups is 1. The van der Waals surface area contributed by atoms with Gasteiger partial charge < -0.3 is 14.5 Å². The Labute approximate surface area is 113 Å². The second kappa shape index (κ2) is 6.54. The summed E-state index contributed by atoms with van der Waals surface area (Å²) in [6.45, 7) is 1.99. The molecular formula is C14H20N2O3. The summed E-state index contributed by atoms with van der Waals surface area (Å²) in [5.74, 6) is 6.18. The van der Waals surface area contributed by atoms with Crippen LogP contribution in [0.4, 0.5) is 0 Å². The van der Waals surface area contributed by atoms with Crippen molar-refractivity contribution in [3.63, 3.8) is 0 Å². The van der Waals surface area contributed by atoms with Crippen LogP contribution < -0.4 is 10.6 Å². The molecule has 1 aromatic rings. The zero-order valence-corrected chi connectivity index (χ0v) is 11.2. The fourth-order valence-corrected chi connectivity index (χ4v) is 2.46. The number of hydrogen-bond acceptors (Lipinski definition) is 4. The topological polar surface area (TPSA) is 64.8 Å². The van der Waals surface area contributed by atoms with E-state index in [1.54, 1.807) is 13.2 Å². The molecule has 1 amide bonds. The van der Waals surface area contributed by atoms with Crippen molar-refractivity contribution >= 4 is 5.91 Å². The first-order valence-electron chi connectivity index (χ1n) is 6.49. The minimum Gasteiger partial charge on any atom is -0.497 e. The minimum absolute atomic E-state index is 0.0422. The molecular weight excluding hydrogens is 244 g/mol. The number of rotatable bonds is 4. The molecule has 1 heterocycles. The second-order valence-electron chi connectivity index (χ2n) is 4.82. The quantitative estimate of drug-likeness (QED) is 0.836. The maximum absolute atomic E-state index is 12.4. The van der Waals surface area contributed by atoms with E-state index in [1.165, 1.54) is 0 Å². The largest absolute Gasteiger partial charge is 0.497 e. The zero-order chi connectivity index (χ0) is 13.7. The van der Waals surface area contributed by atoms with Gasteiger partial charge in [-0.1, -0.05) is 6.07 Å². The summed E-state index contributed by atoms with van der Waals surface area (Å²) in [4.78, 5) is 19.0. The molecule has 1 aromatic carbocycles. The van der Waals surface area contributed by atoms with Crippen LogP contribution in [0.5, 0.6) is 5.75 Å². The molecule has 0 radical (unpaired) electrons. The lowest BCUT2D eigenvalue weighted by molar-refractivity contribution is 0.0471. The van der Waals surface area contributed by atoms with Crippen molar-refractivity contribution in [1.82, 2.24) is 4.90 Å². The van der Waals surface area contributed by atoms with E-state index in [-0.39, 0.29) is 5.91 Å². The van der Waals surface area contributed by atoms with Crippen molar-refractivity contribution < 1.29 is 14.4 Å². The molecule has 19 heavy (non-hydrogen) atoms.